The summed E-state index contributed by atoms with van der Waals surface area (Å²) in [6, 6.07) is 0. The maximum absolute atomic E-state index is 11.1. The predicted octanol–water partition coefficient (Wildman–Crippen LogP) is -11.9. The Hall–Kier alpha value is -1.04. The molecule has 26 nitrogen and oxygen atoms in total. The molecule has 5 aliphatic rings. The van der Waals surface area contributed by atoms with E-state index in [4.69, 9.17) is 42.6 Å². The van der Waals surface area contributed by atoms with Crippen LogP contribution in [0.15, 0.2) is 0 Å². The van der Waals surface area contributed by atoms with Crippen molar-refractivity contribution in [3.63, 3.8) is 0 Å². The van der Waals surface area contributed by atoms with Gasteiger partial charge in [-0.05, 0) is 0 Å². The van der Waals surface area contributed by atoms with Crippen molar-refractivity contribution in [2.75, 3.05) is 33.0 Å². The second kappa shape index (κ2) is 19.6. The van der Waals surface area contributed by atoms with Crippen molar-refractivity contribution in [1.29, 1.82) is 0 Å². The van der Waals surface area contributed by atoms with Crippen molar-refractivity contribution in [2.24, 2.45) is 0 Å². The third-order valence-electron chi connectivity index (χ3n) is 10.3. The Morgan fingerprint density at radius 2 is 0.518 bits per heavy atom. The molecular formula is C30H52O26. The van der Waals surface area contributed by atoms with Gasteiger partial charge in [0.05, 0.1) is 33.0 Å². The Labute approximate surface area is 316 Å². The van der Waals surface area contributed by atoms with Crippen LogP contribution < -0.4 is 0 Å². The first-order valence-electron chi connectivity index (χ1n) is 17.6. The molecule has 0 amide bonds. The average Bonchev–Trinajstić information content (AvgIpc) is 3.19. The Kier molecular flexibility index (Phi) is 16.1. The number of ether oxygens (including phenoxy) is 9. The van der Waals surface area contributed by atoms with Gasteiger partial charge in [-0.25, -0.2) is 0 Å². The zero-order valence-corrected chi connectivity index (χ0v) is 29.2. The van der Waals surface area contributed by atoms with Crippen LogP contribution in [0.1, 0.15) is 0 Å². The van der Waals surface area contributed by atoms with Gasteiger partial charge in [0, 0.05) is 0 Å². The molecule has 0 aromatic carbocycles. The van der Waals surface area contributed by atoms with Gasteiger partial charge in [-0.1, -0.05) is 0 Å². The van der Waals surface area contributed by atoms with E-state index < -0.39 is 187 Å². The van der Waals surface area contributed by atoms with E-state index in [1.165, 1.54) is 0 Å². The number of aliphatic hydroxyl groups is 17. The molecule has 1 unspecified atom stereocenters. The Morgan fingerprint density at radius 3 is 0.821 bits per heavy atom. The first kappa shape index (κ1) is 46.0. The van der Waals surface area contributed by atoms with Crippen LogP contribution in [-0.2, 0) is 42.6 Å². The first-order chi connectivity index (χ1) is 26.5. The minimum Gasteiger partial charge on any atom is -0.394 e. The van der Waals surface area contributed by atoms with Gasteiger partial charge in [0.1, 0.15) is 122 Å². The largest absolute Gasteiger partial charge is 0.394 e. The van der Waals surface area contributed by atoms with E-state index in [0.29, 0.717) is 0 Å². The molecule has 0 bridgehead atoms. The molecule has 0 aliphatic carbocycles. The molecule has 0 spiro atoms. The molecule has 328 valence electrons. The molecule has 0 radical (unpaired) electrons. The van der Waals surface area contributed by atoms with E-state index in [1.807, 2.05) is 0 Å². The van der Waals surface area contributed by atoms with Crippen molar-refractivity contribution < 1.29 is 129 Å². The molecule has 0 saturated carbocycles. The number of aliphatic hydroxyl groups excluding tert-OH is 17. The third-order valence-corrected chi connectivity index (χ3v) is 10.3. The fourth-order valence-corrected chi connectivity index (χ4v) is 7.03. The second-order valence-electron chi connectivity index (χ2n) is 13.9. The van der Waals surface area contributed by atoms with Crippen LogP contribution in [0, 0.1) is 0 Å². The molecule has 5 saturated heterocycles. The lowest BCUT2D eigenvalue weighted by molar-refractivity contribution is -0.392. The zero-order valence-electron chi connectivity index (χ0n) is 29.2. The number of hydrogen-bond acceptors (Lipinski definition) is 26. The summed E-state index contributed by atoms with van der Waals surface area (Å²) in [4.78, 5) is 0. The van der Waals surface area contributed by atoms with Crippen molar-refractivity contribution >= 4 is 0 Å². The number of hydrogen-bond donors (Lipinski definition) is 17. The summed E-state index contributed by atoms with van der Waals surface area (Å²) < 4.78 is 49.1. The number of rotatable bonds is 13. The molecule has 5 rings (SSSR count). The lowest BCUT2D eigenvalue weighted by atomic mass is 9.95. The molecule has 5 heterocycles. The minimum atomic E-state index is -2.12. The van der Waals surface area contributed by atoms with Crippen LogP contribution >= 0.6 is 0 Å². The Bertz CT molecular complexity index is 1200. The summed E-state index contributed by atoms with van der Waals surface area (Å²) in [5.41, 5.74) is 0. The van der Waals surface area contributed by atoms with Gasteiger partial charge in [0.2, 0.25) is 0 Å². The van der Waals surface area contributed by atoms with Gasteiger partial charge < -0.3 is 129 Å². The van der Waals surface area contributed by atoms with Gasteiger partial charge in [0.25, 0.3) is 0 Å². The average molecular weight is 829 g/mol. The Balaban J connectivity index is 1.22. The zero-order chi connectivity index (χ0) is 41.3. The summed E-state index contributed by atoms with van der Waals surface area (Å²) in [6.07, 6.45) is -45.8. The molecule has 56 heavy (non-hydrogen) atoms. The lowest BCUT2D eigenvalue weighted by Gasteiger charge is -2.49. The molecule has 5 aliphatic heterocycles. The van der Waals surface area contributed by atoms with E-state index in [2.05, 4.69) is 0 Å². The topological polar surface area (TPSA) is 427 Å². The third kappa shape index (κ3) is 9.16. The fourth-order valence-electron chi connectivity index (χ4n) is 7.03. The minimum absolute atomic E-state index is 0.811. The summed E-state index contributed by atoms with van der Waals surface area (Å²) in [7, 11) is 0. The van der Waals surface area contributed by atoms with Crippen molar-refractivity contribution in [3.05, 3.63) is 0 Å². The van der Waals surface area contributed by atoms with Gasteiger partial charge in [-0.15, -0.1) is 0 Å². The van der Waals surface area contributed by atoms with E-state index in [0.717, 1.165) is 0 Å². The van der Waals surface area contributed by atoms with Crippen molar-refractivity contribution in [3.8, 4) is 0 Å². The molecule has 17 N–H and O–H groups in total. The van der Waals surface area contributed by atoms with Crippen molar-refractivity contribution in [1.82, 2.24) is 0 Å². The molecule has 26 heteroatoms. The highest BCUT2D eigenvalue weighted by molar-refractivity contribution is 4.99. The van der Waals surface area contributed by atoms with Crippen LogP contribution in [0.25, 0.3) is 0 Å². The molecule has 5 fully saturated rings. The Morgan fingerprint density at radius 1 is 0.268 bits per heavy atom. The summed E-state index contributed by atoms with van der Waals surface area (Å²) in [5, 5.41) is 176. The quantitative estimate of drug-likeness (QED) is 0.0819. The van der Waals surface area contributed by atoms with Gasteiger partial charge in [0.15, 0.2) is 31.5 Å². The smallest absolute Gasteiger partial charge is 0.187 e. The summed E-state index contributed by atoms with van der Waals surface area (Å²) in [6.45, 7) is -4.51. The van der Waals surface area contributed by atoms with Gasteiger partial charge >= 0.3 is 0 Å². The monoisotopic (exact) mass is 828 g/mol. The van der Waals surface area contributed by atoms with Crippen LogP contribution in [-0.4, -0.2) is 273 Å². The van der Waals surface area contributed by atoms with E-state index in [9.17, 15) is 86.8 Å². The van der Waals surface area contributed by atoms with Crippen LogP contribution in [0.5, 0.6) is 0 Å². The van der Waals surface area contributed by atoms with Crippen LogP contribution in [0.2, 0.25) is 0 Å². The highest BCUT2D eigenvalue weighted by Gasteiger charge is 2.56. The van der Waals surface area contributed by atoms with E-state index in [-0.39, 0.29) is 0 Å². The maximum atomic E-state index is 11.1. The normalized spacial score (nSPS) is 53.2. The predicted molar refractivity (Wildman–Crippen MR) is 167 cm³/mol. The molecule has 25 atom stereocenters. The second-order valence-corrected chi connectivity index (χ2v) is 13.9. The maximum Gasteiger partial charge on any atom is 0.187 e. The highest BCUT2D eigenvalue weighted by atomic mass is 16.8. The van der Waals surface area contributed by atoms with E-state index in [1.54, 1.807) is 0 Å². The van der Waals surface area contributed by atoms with Crippen LogP contribution in [0.3, 0.4) is 0 Å². The molecule has 0 aromatic rings. The van der Waals surface area contributed by atoms with Gasteiger partial charge in [-0.3, -0.25) is 0 Å². The standard InChI is InChI=1S/C30H52O26/c31-1-6-11(36)12(37)18(43)27(49-6)54-23-8(3-33)51-29(20(45)14(23)39)56-25-10(5-35)52-30(21(46)16(25)41)55-24-9(4-34)50-28(19(44)15(24)40)53-22-7(2-32)48-26(47)17(42)13(22)38/h6-47H,1-5H2/t6-,7-,8-,9-,10-,11-,12+,13-,14-,15-,16-,17+,18+,19+,20+,21-,22?,23-,24-,25-,26-,27+,28+,29+,30+/m1/s1. The molecular weight excluding hydrogens is 776 g/mol. The molecule has 0 aromatic heterocycles. The lowest BCUT2D eigenvalue weighted by Crippen LogP contribution is -2.68. The highest BCUT2D eigenvalue weighted by Crippen LogP contribution is 2.35. The van der Waals surface area contributed by atoms with Crippen molar-refractivity contribution in [2.45, 2.75) is 154 Å². The van der Waals surface area contributed by atoms with Crippen LogP contribution in [0.4, 0.5) is 0 Å². The SMILES string of the molecule is OC[C@H]1O[C@@H](O)[C@@H](O)[C@@H](O)C1O[C@@H]1O[C@H](CO)[C@@H](O[C@@H]2O[C@H](CO)[C@@H](O[C@@H]3O[C@H](CO)[C@@H](O[C@@H]4O[C@H](CO)[C@@H](O)[C@H](O)[C@@H]4O)[C@H](O)[C@@H]3O)[C@H](O)[C@H]2O)[C@H](O)[C@@H]1O. The van der Waals surface area contributed by atoms with E-state index >= 15 is 0 Å². The summed E-state index contributed by atoms with van der Waals surface area (Å²) >= 11 is 0. The fraction of sp³-hybridized carbons (Fsp3) is 1.00. The summed E-state index contributed by atoms with van der Waals surface area (Å²) in [5.74, 6) is 0. The first-order valence-corrected chi connectivity index (χ1v) is 17.6. The van der Waals surface area contributed by atoms with Gasteiger partial charge in [-0.2, -0.15) is 0 Å².